The van der Waals surface area contributed by atoms with Crippen LogP contribution < -0.4 is 9.80 Å². The zero-order valence-corrected chi connectivity index (χ0v) is 34.3. The first kappa shape index (κ1) is 35.5. The Bertz CT molecular complexity index is 2860. The van der Waals surface area contributed by atoms with Crippen molar-refractivity contribution in [2.45, 2.75) is 48.3 Å². The molecule has 0 unspecified atom stereocenters. The van der Waals surface area contributed by atoms with Gasteiger partial charge in [0.1, 0.15) is 0 Å². The first-order valence-corrected chi connectivity index (χ1v) is 21.8. The fraction of sp³-hybridized carbons (Fsp3) is 0.111. The number of para-hydroxylation sites is 6. The van der Waals surface area contributed by atoms with Gasteiger partial charge in [-0.3, -0.25) is 0 Å². The van der Waals surface area contributed by atoms with E-state index in [0.29, 0.717) is 20.9 Å². The maximum Gasteiger partial charge on any atom is 0.209 e. The highest BCUT2D eigenvalue weighted by Crippen LogP contribution is 2.58. The third-order valence-corrected chi connectivity index (χ3v) is 15.0. The summed E-state index contributed by atoms with van der Waals surface area (Å²) in [7, 11) is -4.03. The summed E-state index contributed by atoms with van der Waals surface area (Å²) in [6.45, 7) is 9.12. The van der Waals surface area contributed by atoms with Crippen LogP contribution in [0.2, 0.25) is 0 Å². The van der Waals surface area contributed by atoms with Crippen molar-refractivity contribution in [1.29, 1.82) is 0 Å². The van der Waals surface area contributed by atoms with Crippen molar-refractivity contribution in [3.63, 3.8) is 0 Å². The lowest BCUT2D eigenvalue weighted by Gasteiger charge is -2.42. The van der Waals surface area contributed by atoms with Crippen LogP contribution in [0.3, 0.4) is 0 Å². The van der Waals surface area contributed by atoms with E-state index in [1.54, 1.807) is 0 Å². The highest BCUT2D eigenvalue weighted by Gasteiger charge is 2.42. The molecule has 0 aromatic heterocycles. The maximum atomic E-state index is 15.6. The van der Waals surface area contributed by atoms with E-state index >= 15 is 8.42 Å². The molecule has 0 radical (unpaired) electrons. The molecule has 3 aliphatic rings. The largest absolute Gasteiger partial charge is 0.309 e. The first-order chi connectivity index (χ1) is 28.6. The minimum Gasteiger partial charge on any atom is -0.309 e. The Morgan fingerprint density at radius 3 is 0.864 bits per heavy atom. The Morgan fingerprint density at radius 1 is 0.305 bits per heavy atom. The van der Waals surface area contributed by atoms with Gasteiger partial charge in [0.2, 0.25) is 9.84 Å². The Hall–Kier alpha value is -6.69. The SMILES string of the molecule is CC1(C)c2ccccc2N(c2ccccc2-c2cccc3c2S(=O)(=O)c2c(-c4ccccc4N4c5ccccc5C(C)(C)c5ccccc54)cccc2-3)c2ccccc21. The fourth-order valence-corrected chi connectivity index (χ4v) is 12.3. The molecule has 0 atom stereocenters. The van der Waals surface area contributed by atoms with Crippen molar-refractivity contribution >= 4 is 44.0 Å². The highest BCUT2D eigenvalue weighted by atomic mass is 32.2. The number of sulfone groups is 1. The molecule has 0 saturated carbocycles. The van der Waals surface area contributed by atoms with Crippen LogP contribution in [-0.2, 0) is 20.7 Å². The lowest BCUT2D eigenvalue weighted by atomic mass is 9.73. The topological polar surface area (TPSA) is 40.6 Å². The third-order valence-electron chi connectivity index (χ3n) is 13.0. The highest BCUT2D eigenvalue weighted by molar-refractivity contribution is 7.92. The number of benzene rings is 8. The third kappa shape index (κ3) is 4.92. The summed E-state index contributed by atoms with van der Waals surface area (Å²) in [5.41, 5.74) is 15.2. The molecule has 3 heterocycles. The van der Waals surface area contributed by atoms with E-state index < -0.39 is 9.84 Å². The molecule has 3 aliphatic heterocycles. The zero-order chi connectivity index (χ0) is 40.3. The van der Waals surface area contributed by atoms with E-state index in [1.807, 2.05) is 60.7 Å². The predicted molar refractivity (Wildman–Crippen MR) is 242 cm³/mol. The van der Waals surface area contributed by atoms with Gasteiger partial charge in [0, 0.05) is 44.2 Å². The van der Waals surface area contributed by atoms with E-state index in [9.17, 15) is 0 Å². The van der Waals surface area contributed by atoms with Crippen LogP contribution in [0, 0.1) is 0 Å². The molecule has 286 valence electrons. The molecule has 11 rings (SSSR count). The standard InChI is InChI=1S/C54H42N2O2S/c1-53(2)41-25-7-13-31-47(41)55(48-32-14-8-26-42(48)53)45-29-11-5-19-35(45)37-21-17-23-39-40-24-18-22-38(52(40)59(57,58)51(37)39)36-20-6-12-30-46(36)56-49-33-15-9-27-43(49)54(3,4)44-28-10-16-34-50(44)56/h5-34H,1-4H3. The van der Waals surface area contributed by atoms with Crippen LogP contribution in [0.15, 0.2) is 192 Å². The number of nitrogens with zero attached hydrogens (tertiary/aromatic N) is 2. The summed E-state index contributed by atoms with van der Waals surface area (Å²) >= 11 is 0. The predicted octanol–water partition coefficient (Wildman–Crippen LogP) is 14.1. The minimum absolute atomic E-state index is 0.223. The van der Waals surface area contributed by atoms with Crippen LogP contribution in [0.5, 0.6) is 0 Å². The van der Waals surface area contributed by atoms with Gasteiger partial charge in [-0.25, -0.2) is 8.42 Å². The smallest absolute Gasteiger partial charge is 0.209 e. The summed E-state index contributed by atoms with van der Waals surface area (Å²) in [6, 6.07) is 62.7. The first-order valence-electron chi connectivity index (χ1n) is 20.3. The summed E-state index contributed by atoms with van der Waals surface area (Å²) in [5.74, 6) is 0. The Morgan fingerprint density at radius 2 is 0.542 bits per heavy atom. The lowest BCUT2D eigenvalue weighted by molar-refractivity contribution is 0.599. The van der Waals surface area contributed by atoms with Crippen molar-refractivity contribution < 1.29 is 8.42 Å². The van der Waals surface area contributed by atoms with Gasteiger partial charge < -0.3 is 9.80 Å². The van der Waals surface area contributed by atoms with Crippen LogP contribution in [-0.4, -0.2) is 8.42 Å². The van der Waals surface area contributed by atoms with Gasteiger partial charge in [0.15, 0.2) is 0 Å². The van der Waals surface area contributed by atoms with E-state index in [0.717, 1.165) is 56.4 Å². The number of fused-ring (bicyclic) bond motifs is 7. The summed E-state index contributed by atoms with van der Waals surface area (Å²) < 4.78 is 31.2. The van der Waals surface area contributed by atoms with Gasteiger partial charge in [0.25, 0.3) is 0 Å². The molecule has 8 aromatic carbocycles. The van der Waals surface area contributed by atoms with Gasteiger partial charge in [0.05, 0.1) is 43.9 Å². The molecule has 59 heavy (non-hydrogen) atoms. The molecule has 5 heteroatoms. The molecular formula is C54H42N2O2S. The van der Waals surface area contributed by atoms with Gasteiger partial charge in [-0.1, -0.05) is 173 Å². The summed E-state index contributed by atoms with van der Waals surface area (Å²) in [4.78, 5) is 5.33. The second-order valence-corrected chi connectivity index (χ2v) is 18.7. The summed E-state index contributed by atoms with van der Waals surface area (Å²) in [6.07, 6.45) is 0. The van der Waals surface area contributed by atoms with Gasteiger partial charge in [-0.05, 0) is 58.7 Å². The van der Waals surface area contributed by atoms with Crippen LogP contribution in [0.25, 0.3) is 33.4 Å². The maximum absolute atomic E-state index is 15.6. The number of anilines is 6. The van der Waals surface area contributed by atoms with Crippen molar-refractivity contribution in [3.05, 3.63) is 204 Å². The molecule has 0 N–H and O–H groups in total. The van der Waals surface area contributed by atoms with Crippen molar-refractivity contribution in [2.24, 2.45) is 0 Å². The van der Waals surface area contributed by atoms with Crippen molar-refractivity contribution in [3.8, 4) is 33.4 Å². The van der Waals surface area contributed by atoms with Crippen LogP contribution in [0.1, 0.15) is 49.9 Å². The molecule has 0 fully saturated rings. The lowest BCUT2D eigenvalue weighted by Crippen LogP contribution is -2.30. The van der Waals surface area contributed by atoms with Crippen molar-refractivity contribution in [1.82, 2.24) is 0 Å². The minimum atomic E-state index is -4.03. The molecule has 0 amide bonds. The molecule has 0 saturated heterocycles. The normalized spacial score (nSPS) is 15.9. The number of hydrogen-bond donors (Lipinski definition) is 0. The quantitative estimate of drug-likeness (QED) is 0.178. The van der Waals surface area contributed by atoms with Crippen molar-refractivity contribution in [2.75, 3.05) is 9.80 Å². The second-order valence-electron chi connectivity index (χ2n) is 16.9. The molecule has 0 spiro atoms. The summed E-state index contributed by atoms with van der Waals surface area (Å²) in [5, 5.41) is 0. The average molecular weight is 783 g/mol. The van der Waals surface area contributed by atoms with Crippen LogP contribution in [0.4, 0.5) is 34.1 Å². The van der Waals surface area contributed by atoms with Crippen LogP contribution >= 0.6 is 0 Å². The molecule has 0 aliphatic carbocycles. The van der Waals surface area contributed by atoms with E-state index in [4.69, 9.17) is 0 Å². The monoisotopic (exact) mass is 782 g/mol. The van der Waals surface area contributed by atoms with Gasteiger partial charge in [-0.15, -0.1) is 0 Å². The van der Waals surface area contributed by atoms with E-state index in [1.165, 1.54) is 22.3 Å². The Labute approximate surface area is 346 Å². The van der Waals surface area contributed by atoms with E-state index in [-0.39, 0.29) is 10.8 Å². The van der Waals surface area contributed by atoms with E-state index in [2.05, 4.69) is 159 Å². The molecule has 8 aromatic rings. The second kappa shape index (κ2) is 12.7. The number of rotatable bonds is 4. The van der Waals surface area contributed by atoms with Gasteiger partial charge >= 0.3 is 0 Å². The molecular weight excluding hydrogens is 741 g/mol. The number of hydrogen-bond acceptors (Lipinski definition) is 4. The Kier molecular flexibility index (Phi) is 7.61. The fourth-order valence-electron chi connectivity index (χ4n) is 10.3. The Balaban J connectivity index is 1.10. The molecule has 0 bridgehead atoms. The van der Waals surface area contributed by atoms with Gasteiger partial charge in [-0.2, -0.15) is 0 Å². The zero-order valence-electron chi connectivity index (χ0n) is 33.4. The average Bonchev–Trinajstić information content (AvgIpc) is 3.50. The molecule has 4 nitrogen and oxygen atoms in total.